The van der Waals surface area contributed by atoms with Crippen molar-refractivity contribution in [1.82, 2.24) is 4.98 Å². The number of anilines is 1. The third kappa shape index (κ3) is 1.73. The number of hydrogen-bond donors (Lipinski definition) is 0. The molecule has 0 bridgehead atoms. The van der Waals surface area contributed by atoms with Crippen molar-refractivity contribution in [2.75, 3.05) is 18.0 Å². The maximum Gasteiger partial charge on any atom is 0.153 e. The molecule has 1 aliphatic heterocycles. The highest BCUT2D eigenvalue weighted by Gasteiger charge is 2.16. The normalized spacial score (nSPS) is 15.9. The van der Waals surface area contributed by atoms with Gasteiger partial charge in [0, 0.05) is 19.3 Å². The highest BCUT2D eigenvalue weighted by Crippen LogP contribution is 2.25. The lowest BCUT2D eigenvalue weighted by Gasteiger charge is -2.19. The second kappa shape index (κ2) is 3.96. The zero-order valence-corrected chi connectivity index (χ0v) is 8.50. The van der Waals surface area contributed by atoms with Crippen molar-refractivity contribution in [2.45, 2.75) is 12.8 Å². The Labute approximate surface area is 87.7 Å². The van der Waals surface area contributed by atoms with Crippen LogP contribution in [0, 0.1) is 0 Å². The number of pyridine rings is 1. The van der Waals surface area contributed by atoms with E-state index in [4.69, 9.17) is 11.6 Å². The first kappa shape index (κ1) is 9.46. The average Bonchev–Trinajstić information content (AvgIpc) is 2.70. The molecule has 2 heterocycles. The molecule has 4 heteroatoms. The fourth-order valence-electron chi connectivity index (χ4n) is 1.75. The van der Waals surface area contributed by atoms with Crippen LogP contribution in [0.3, 0.4) is 0 Å². The summed E-state index contributed by atoms with van der Waals surface area (Å²) >= 11 is 5.80. The van der Waals surface area contributed by atoms with Crippen molar-refractivity contribution in [3.05, 3.63) is 23.0 Å². The maximum atomic E-state index is 10.8. The quantitative estimate of drug-likeness (QED) is 0.554. The zero-order valence-electron chi connectivity index (χ0n) is 7.74. The molecule has 74 valence electrons. The molecule has 0 unspecified atom stereocenters. The van der Waals surface area contributed by atoms with E-state index in [0.29, 0.717) is 10.7 Å². The van der Waals surface area contributed by atoms with E-state index < -0.39 is 0 Å². The molecule has 0 N–H and O–H groups in total. The SMILES string of the molecule is O=Cc1cnc(Cl)cc1N1CCCC1. The number of carbonyl (C=O) groups is 1. The fraction of sp³-hybridized carbons (Fsp3) is 0.400. The Morgan fingerprint density at radius 1 is 1.43 bits per heavy atom. The minimum Gasteiger partial charge on any atom is -0.371 e. The van der Waals surface area contributed by atoms with Crippen LogP contribution in [-0.4, -0.2) is 24.4 Å². The molecule has 1 aromatic heterocycles. The van der Waals surface area contributed by atoms with Crippen molar-refractivity contribution in [3.8, 4) is 0 Å². The largest absolute Gasteiger partial charge is 0.371 e. The molecule has 1 aromatic rings. The minimum absolute atomic E-state index is 0.442. The van der Waals surface area contributed by atoms with Gasteiger partial charge < -0.3 is 4.90 Å². The fourth-order valence-corrected chi connectivity index (χ4v) is 1.91. The van der Waals surface area contributed by atoms with Gasteiger partial charge in [-0.15, -0.1) is 0 Å². The van der Waals surface area contributed by atoms with Crippen molar-refractivity contribution < 1.29 is 4.79 Å². The lowest BCUT2D eigenvalue weighted by Crippen LogP contribution is -2.19. The summed E-state index contributed by atoms with van der Waals surface area (Å²) in [5, 5.41) is 0.442. The van der Waals surface area contributed by atoms with Gasteiger partial charge in [-0.3, -0.25) is 4.79 Å². The number of nitrogens with zero attached hydrogens (tertiary/aromatic N) is 2. The molecule has 3 nitrogen and oxygen atoms in total. The summed E-state index contributed by atoms with van der Waals surface area (Å²) in [6.45, 7) is 2.00. The number of halogens is 1. The first-order valence-corrected chi connectivity index (χ1v) is 5.05. The van der Waals surface area contributed by atoms with Crippen LogP contribution in [0.2, 0.25) is 5.15 Å². The Balaban J connectivity index is 2.37. The van der Waals surface area contributed by atoms with Gasteiger partial charge in [0.2, 0.25) is 0 Å². The molecule has 0 atom stereocenters. The van der Waals surface area contributed by atoms with Gasteiger partial charge in [-0.1, -0.05) is 11.6 Å². The van der Waals surface area contributed by atoms with E-state index >= 15 is 0 Å². The van der Waals surface area contributed by atoms with Gasteiger partial charge in [0.15, 0.2) is 6.29 Å². The predicted molar refractivity (Wildman–Crippen MR) is 56.1 cm³/mol. The minimum atomic E-state index is 0.442. The maximum absolute atomic E-state index is 10.8. The van der Waals surface area contributed by atoms with E-state index in [1.54, 1.807) is 6.07 Å². The second-order valence-electron chi connectivity index (χ2n) is 3.38. The second-order valence-corrected chi connectivity index (χ2v) is 3.77. The number of aromatic nitrogens is 1. The molecule has 1 fully saturated rings. The van der Waals surface area contributed by atoms with E-state index in [1.165, 1.54) is 19.0 Å². The summed E-state index contributed by atoms with van der Waals surface area (Å²) in [6, 6.07) is 1.76. The lowest BCUT2D eigenvalue weighted by atomic mass is 10.2. The zero-order chi connectivity index (χ0) is 9.97. The molecule has 14 heavy (non-hydrogen) atoms. The third-order valence-electron chi connectivity index (χ3n) is 2.45. The summed E-state index contributed by atoms with van der Waals surface area (Å²) in [4.78, 5) is 16.9. The van der Waals surface area contributed by atoms with E-state index in [-0.39, 0.29) is 0 Å². The highest BCUT2D eigenvalue weighted by atomic mass is 35.5. The average molecular weight is 211 g/mol. The molecule has 0 aromatic carbocycles. The number of hydrogen-bond acceptors (Lipinski definition) is 3. The molecule has 2 rings (SSSR count). The van der Waals surface area contributed by atoms with Crippen molar-refractivity contribution in [1.29, 1.82) is 0 Å². The monoisotopic (exact) mass is 210 g/mol. The number of carbonyl (C=O) groups excluding carboxylic acids is 1. The van der Waals surface area contributed by atoms with Gasteiger partial charge in [0.25, 0.3) is 0 Å². The summed E-state index contributed by atoms with van der Waals surface area (Å²) in [5.74, 6) is 0. The van der Waals surface area contributed by atoms with Crippen molar-refractivity contribution >= 4 is 23.6 Å². The summed E-state index contributed by atoms with van der Waals surface area (Å²) in [6.07, 6.45) is 4.72. The van der Waals surface area contributed by atoms with Crippen molar-refractivity contribution in [2.24, 2.45) is 0 Å². The summed E-state index contributed by atoms with van der Waals surface area (Å²) < 4.78 is 0. The standard InChI is InChI=1S/C10H11ClN2O/c11-10-5-9(8(7-14)6-12-10)13-3-1-2-4-13/h5-7H,1-4H2. The molecular weight excluding hydrogens is 200 g/mol. The van der Waals surface area contributed by atoms with Crippen LogP contribution < -0.4 is 4.90 Å². The summed E-state index contributed by atoms with van der Waals surface area (Å²) in [5.41, 5.74) is 1.54. The van der Waals surface area contributed by atoms with Gasteiger partial charge in [0.05, 0.1) is 11.3 Å². The van der Waals surface area contributed by atoms with Crippen LogP contribution in [-0.2, 0) is 0 Å². The van der Waals surface area contributed by atoms with Crippen LogP contribution in [0.25, 0.3) is 0 Å². The Morgan fingerprint density at radius 3 is 2.79 bits per heavy atom. The van der Waals surface area contributed by atoms with Crippen LogP contribution in [0.15, 0.2) is 12.3 Å². The molecule has 0 saturated carbocycles. The molecule has 0 amide bonds. The van der Waals surface area contributed by atoms with Gasteiger partial charge in [-0.25, -0.2) is 4.98 Å². The Hall–Kier alpha value is -1.09. The molecule has 0 aliphatic carbocycles. The topological polar surface area (TPSA) is 33.2 Å². The Bertz CT molecular complexity index is 348. The number of rotatable bonds is 2. The van der Waals surface area contributed by atoms with Crippen molar-refractivity contribution in [3.63, 3.8) is 0 Å². The molecular formula is C10H11ClN2O. The Morgan fingerprint density at radius 2 is 2.14 bits per heavy atom. The van der Waals surface area contributed by atoms with E-state index in [2.05, 4.69) is 9.88 Å². The van der Waals surface area contributed by atoms with Gasteiger partial charge >= 0.3 is 0 Å². The lowest BCUT2D eigenvalue weighted by molar-refractivity contribution is 0.112. The van der Waals surface area contributed by atoms with Gasteiger partial charge in [-0.2, -0.15) is 0 Å². The molecule has 0 spiro atoms. The highest BCUT2D eigenvalue weighted by molar-refractivity contribution is 6.29. The van der Waals surface area contributed by atoms with Gasteiger partial charge in [-0.05, 0) is 18.9 Å². The van der Waals surface area contributed by atoms with Crippen LogP contribution in [0.5, 0.6) is 0 Å². The van der Waals surface area contributed by atoms with Crippen LogP contribution in [0.1, 0.15) is 23.2 Å². The first-order chi connectivity index (χ1) is 6.81. The van der Waals surface area contributed by atoms with E-state index in [1.807, 2.05) is 0 Å². The molecule has 1 saturated heterocycles. The molecule has 1 aliphatic rings. The Kier molecular flexibility index (Phi) is 2.68. The van der Waals surface area contributed by atoms with E-state index in [9.17, 15) is 4.79 Å². The summed E-state index contributed by atoms with van der Waals surface area (Å²) in [7, 11) is 0. The van der Waals surface area contributed by atoms with E-state index in [0.717, 1.165) is 25.1 Å². The third-order valence-corrected chi connectivity index (χ3v) is 2.66. The predicted octanol–water partition coefficient (Wildman–Crippen LogP) is 2.15. The first-order valence-electron chi connectivity index (χ1n) is 4.67. The number of aldehydes is 1. The van der Waals surface area contributed by atoms with Gasteiger partial charge in [0.1, 0.15) is 5.15 Å². The van der Waals surface area contributed by atoms with Crippen LogP contribution >= 0.6 is 11.6 Å². The van der Waals surface area contributed by atoms with Crippen LogP contribution in [0.4, 0.5) is 5.69 Å². The molecule has 0 radical (unpaired) electrons. The smallest absolute Gasteiger partial charge is 0.153 e.